The number of ether oxygens (including phenoxy) is 2. The highest BCUT2D eigenvalue weighted by Gasteiger charge is 2.30. The lowest BCUT2D eigenvalue weighted by Gasteiger charge is -2.24. The Morgan fingerprint density at radius 1 is 0.950 bits per heavy atom. The smallest absolute Gasteiger partial charge is 0.272 e. The van der Waals surface area contributed by atoms with Crippen LogP contribution in [-0.4, -0.2) is 59.8 Å². The van der Waals surface area contributed by atoms with Gasteiger partial charge in [0.05, 0.1) is 25.5 Å². The summed E-state index contributed by atoms with van der Waals surface area (Å²) in [6.45, 7) is 6.45. The van der Waals surface area contributed by atoms with E-state index in [0.717, 1.165) is 55.6 Å². The number of benzene rings is 2. The molecule has 1 atom stereocenters. The number of carbonyl (C=O) groups is 2. The molecule has 0 spiro atoms. The Morgan fingerprint density at radius 2 is 1.60 bits per heavy atom. The second-order valence-electron chi connectivity index (χ2n) is 10.4. The van der Waals surface area contributed by atoms with Gasteiger partial charge in [-0.05, 0) is 55.4 Å². The molecule has 40 heavy (non-hydrogen) atoms. The average molecular weight is 547 g/mol. The number of aromatic nitrogens is 2. The minimum absolute atomic E-state index is 0.0233. The van der Waals surface area contributed by atoms with Crippen LogP contribution in [0.5, 0.6) is 11.5 Å². The van der Waals surface area contributed by atoms with E-state index in [1.165, 1.54) is 0 Å². The lowest BCUT2D eigenvalue weighted by molar-refractivity contribution is -0.132. The van der Waals surface area contributed by atoms with Crippen LogP contribution in [0.3, 0.4) is 0 Å². The van der Waals surface area contributed by atoms with Crippen molar-refractivity contribution in [1.82, 2.24) is 20.0 Å². The van der Waals surface area contributed by atoms with E-state index in [-0.39, 0.29) is 17.5 Å². The van der Waals surface area contributed by atoms with Crippen molar-refractivity contribution < 1.29 is 19.1 Å². The molecule has 2 amide bonds. The maximum Gasteiger partial charge on any atom is 0.272 e. The maximum absolute atomic E-state index is 13.7. The Labute approximate surface area is 237 Å². The van der Waals surface area contributed by atoms with Crippen molar-refractivity contribution in [2.75, 3.05) is 27.3 Å². The zero-order chi connectivity index (χ0) is 28.5. The Hall–Kier alpha value is -3.81. The summed E-state index contributed by atoms with van der Waals surface area (Å²) in [5, 5.41) is 7.81. The molecular formula is C32H42N4O4. The number of aryl methyl sites for hydroxylation is 1. The highest BCUT2D eigenvalue weighted by Crippen LogP contribution is 2.39. The van der Waals surface area contributed by atoms with E-state index in [4.69, 9.17) is 14.6 Å². The molecule has 3 aromatic rings. The van der Waals surface area contributed by atoms with Gasteiger partial charge in [-0.1, -0.05) is 63.1 Å². The van der Waals surface area contributed by atoms with E-state index in [0.29, 0.717) is 36.8 Å². The van der Waals surface area contributed by atoms with Crippen LogP contribution in [0.4, 0.5) is 0 Å². The Kier molecular flexibility index (Phi) is 10.2. The molecule has 0 aliphatic carbocycles. The third-order valence-electron chi connectivity index (χ3n) is 7.87. The van der Waals surface area contributed by atoms with E-state index in [1.54, 1.807) is 20.3 Å². The number of methoxy groups -OCH3 is 2. The van der Waals surface area contributed by atoms with Crippen molar-refractivity contribution in [1.29, 1.82) is 0 Å². The molecular weight excluding hydrogens is 504 g/mol. The van der Waals surface area contributed by atoms with Crippen LogP contribution < -0.4 is 14.8 Å². The van der Waals surface area contributed by atoms with Gasteiger partial charge in [-0.2, -0.15) is 5.10 Å². The second-order valence-corrected chi connectivity index (χ2v) is 10.4. The van der Waals surface area contributed by atoms with E-state index in [2.05, 4.69) is 19.2 Å². The van der Waals surface area contributed by atoms with Crippen molar-refractivity contribution in [3.63, 3.8) is 0 Å². The molecule has 1 fully saturated rings. The number of carbonyl (C=O) groups excluding carboxylic acids is 2. The van der Waals surface area contributed by atoms with E-state index >= 15 is 0 Å². The van der Waals surface area contributed by atoms with Crippen molar-refractivity contribution in [2.24, 2.45) is 5.92 Å². The van der Waals surface area contributed by atoms with Crippen molar-refractivity contribution in [3.8, 4) is 22.8 Å². The van der Waals surface area contributed by atoms with Crippen LogP contribution in [0.1, 0.15) is 62.0 Å². The zero-order valence-corrected chi connectivity index (χ0v) is 24.2. The summed E-state index contributed by atoms with van der Waals surface area (Å²) in [5.41, 5.74) is 2.90. The topological polar surface area (TPSA) is 85.7 Å². The van der Waals surface area contributed by atoms with E-state index < -0.39 is 6.04 Å². The maximum atomic E-state index is 13.7. The quantitative estimate of drug-likeness (QED) is 0.312. The fourth-order valence-electron chi connectivity index (χ4n) is 5.37. The molecule has 0 saturated carbocycles. The fraction of sp³-hybridized carbons (Fsp3) is 0.469. The van der Waals surface area contributed by atoms with Crippen LogP contribution in [0.15, 0.2) is 54.6 Å². The first-order valence-electron chi connectivity index (χ1n) is 14.4. The first-order valence-corrected chi connectivity index (χ1v) is 14.4. The van der Waals surface area contributed by atoms with Gasteiger partial charge in [0, 0.05) is 19.6 Å². The highest BCUT2D eigenvalue weighted by atomic mass is 16.5. The SMILES string of the molecule is CCC(CC)Cn1nc(C(=O)N[C@@H](CCc2ccccc2)C(=O)N2CCCC2)cc1-c1c(OC)cccc1OC. The van der Waals surface area contributed by atoms with E-state index in [9.17, 15) is 9.59 Å². The van der Waals surface area contributed by atoms with Gasteiger partial charge < -0.3 is 19.7 Å². The number of rotatable bonds is 13. The van der Waals surface area contributed by atoms with Gasteiger partial charge >= 0.3 is 0 Å². The molecule has 0 radical (unpaired) electrons. The molecule has 2 aromatic carbocycles. The number of likely N-dealkylation sites (tertiary alicyclic amines) is 1. The largest absolute Gasteiger partial charge is 0.496 e. The zero-order valence-electron chi connectivity index (χ0n) is 24.2. The summed E-state index contributed by atoms with van der Waals surface area (Å²) < 4.78 is 13.2. The predicted molar refractivity (Wildman–Crippen MR) is 157 cm³/mol. The molecule has 0 bridgehead atoms. The van der Waals surface area contributed by atoms with Gasteiger partial charge in [-0.15, -0.1) is 0 Å². The van der Waals surface area contributed by atoms with Gasteiger partial charge in [0.1, 0.15) is 17.5 Å². The van der Waals surface area contributed by atoms with Gasteiger partial charge in [0.25, 0.3) is 5.91 Å². The van der Waals surface area contributed by atoms with E-state index in [1.807, 2.05) is 58.1 Å². The molecule has 1 aliphatic heterocycles. The first-order chi connectivity index (χ1) is 19.5. The van der Waals surface area contributed by atoms with Crippen molar-refractivity contribution >= 4 is 11.8 Å². The number of nitrogens with zero attached hydrogens (tertiary/aromatic N) is 3. The van der Waals surface area contributed by atoms with Gasteiger partial charge in [0.15, 0.2) is 5.69 Å². The summed E-state index contributed by atoms with van der Waals surface area (Å²) >= 11 is 0. The third-order valence-corrected chi connectivity index (χ3v) is 7.87. The summed E-state index contributed by atoms with van der Waals surface area (Å²) in [7, 11) is 3.24. The van der Waals surface area contributed by atoms with Crippen LogP contribution in [0.25, 0.3) is 11.3 Å². The van der Waals surface area contributed by atoms with Gasteiger partial charge in [-0.25, -0.2) is 0 Å². The minimum Gasteiger partial charge on any atom is -0.496 e. The monoisotopic (exact) mass is 546 g/mol. The molecule has 1 N–H and O–H groups in total. The summed E-state index contributed by atoms with van der Waals surface area (Å²) in [6.07, 6.45) is 5.19. The lowest BCUT2D eigenvalue weighted by Crippen LogP contribution is -2.48. The van der Waals surface area contributed by atoms with Crippen LogP contribution in [0.2, 0.25) is 0 Å². The first kappa shape index (κ1) is 29.2. The molecule has 4 rings (SSSR count). The summed E-state index contributed by atoms with van der Waals surface area (Å²) in [5.74, 6) is 1.29. The van der Waals surface area contributed by atoms with Gasteiger partial charge in [-0.3, -0.25) is 14.3 Å². The third kappa shape index (κ3) is 6.84. The average Bonchev–Trinajstić information content (AvgIpc) is 3.68. The molecule has 1 aromatic heterocycles. The van der Waals surface area contributed by atoms with Crippen LogP contribution in [-0.2, 0) is 17.8 Å². The van der Waals surface area contributed by atoms with Crippen LogP contribution >= 0.6 is 0 Å². The highest BCUT2D eigenvalue weighted by molar-refractivity contribution is 5.97. The molecule has 1 saturated heterocycles. The molecule has 2 heterocycles. The number of nitrogens with one attached hydrogen (secondary N) is 1. The number of hydrogen-bond acceptors (Lipinski definition) is 5. The summed E-state index contributed by atoms with van der Waals surface area (Å²) in [4.78, 5) is 29.0. The molecule has 1 aliphatic rings. The van der Waals surface area contributed by atoms with Crippen molar-refractivity contribution in [2.45, 2.75) is 65.0 Å². The molecule has 214 valence electrons. The molecule has 8 nitrogen and oxygen atoms in total. The van der Waals surface area contributed by atoms with Crippen LogP contribution in [0, 0.1) is 5.92 Å². The van der Waals surface area contributed by atoms with Crippen molar-refractivity contribution in [3.05, 3.63) is 65.9 Å². The predicted octanol–water partition coefficient (Wildman–Crippen LogP) is 5.36. The molecule has 8 heteroatoms. The normalized spacial score (nSPS) is 13.9. The number of hydrogen-bond donors (Lipinski definition) is 1. The fourth-order valence-corrected chi connectivity index (χ4v) is 5.37. The second kappa shape index (κ2) is 14.0. The van der Waals surface area contributed by atoms with Gasteiger partial charge in [0.2, 0.25) is 5.91 Å². The standard InChI is InChI=1S/C32H42N4O4/c1-5-23(6-2)22-36-27(30-28(39-3)15-12-16-29(30)40-4)21-26(34-36)31(37)33-25(32(38)35-19-10-11-20-35)18-17-24-13-8-7-9-14-24/h7-9,12-16,21,23,25H,5-6,10-11,17-20,22H2,1-4H3,(H,33,37)/t25-/m0/s1. The Morgan fingerprint density at radius 3 is 2.20 bits per heavy atom. The number of amides is 2. The Bertz CT molecular complexity index is 1240. The lowest BCUT2D eigenvalue weighted by atomic mass is 10.0. The molecule has 0 unspecified atom stereocenters. The Balaban J connectivity index is 1.66. The minimum atomic E-state index is -0.626. The summed E-state index contributed by atoms with van der Waals surface area (Å²) in [6, 6.07) is 16.8.